The Labute approximate surface area is 123 Å². The van der Waals surface area contributed by atoms with Crippen LogP contribution in [0, 0.1) is 11.8 Å². The fourth-order valence-corrected chi connectivity index (χ4v) is 4.00. The van der Waals surface area contributed by atoms with Crippen LogP contribution in [0.2, 0.25) is 5.02 Å². The van der Waals surface area contributed by atoms with E-state index in [0.29, 0.717) is 21.8 Å². The summed E-state index contributed by atoms with van der Waals surface area (Å²) < 4.78 is 0. The molecule has 102 valence electrons. The van der Waals surface area contributed by atoms with E-state index in [2.05, 4.69) is 4.90 Å². The lowest BCUT2D eigenvalue weighted by molar-refractivity contribution is 0.133. The summed E-state index contributed by atoms with van der Waals surface area (Å²) in [5, 5.41) is 10.6. The van der Waals surface area contributed by atoms with Gasteiger partial charge in [0.05, 0.1) is 16.7 Å². The second-order valence-electron chi connectivity index (χ2n) is 5.47. The first kappa shape index (κ1) is 13.2. The van der Waals surface area contributed by atoms with E-state index in [9.17, 15) is 5.11 Å². The molecule has 1 saturated heterocycles. The molecule has 0 aromatic heterocycles. The smallest absolute Gasteiger partial charge is 0.107 e. The van der Waals surface area contributed by atoms with Crippen molar-refractivity contribution in [3.8, 4) is 0 Å². The van der Waals surface area contributed by atoms with Crippen molar-refractivity contribution in [2.24, 2.45) is 17.6 Å². The Morgan fingerprint density at radius 1 is 1.37 bits per heavy atom. The summed E-state index contributed by atoms with van der Waals surface area (Å²) >= 11 is 11.3. The van der Waals surface area contributed by atoms with Crippen molar-refractivity contribution < 1.29 is 5.11 Å². The number of aliphatic hydroxyl groups excluding tert-OH is 1. The highest BCUT2D eigenvalue weighted by atomic mass is 35.5. The predicted octanol–water partition coefficient (Wildman–Crippen LogP) is 2.18. The number of nitrogens with zero attached hydrogens (tertiary/aromatic N) is 1. The van der Waals surface area contributed by atoms with E-state index in [1.165, 1.54) is 0 Å². The topological polar surface area (TPSA) is 49.5 Å². The van der Waals surface area contributed by atoms with Gasteiger partial charge in [-0.25, -0.2) is 0 Å². The van der Waals surface area contributed by atoms with Crippen LogP contribution in [0.5, 0.6) is 0 Å². The maximum Gasteiger partial charge on any atom is 0.107 e. The van der Waals surface area contributed by atoms with Gasteiger partial charge in [-0.1, -0.05) is 29.9 Å². The molecule has 3 atom stereocenters. The molecular formula is C14H17ClN2OS. The van der Waals surface area contributed by atoms with Crippen LogP contribution in [0.4, 0.5) is 5.69 Å². The SMILES string of the molecule is NC(=S)c1c(Cl)cccc1N1CC2CCC(O)C2C1. The average molecular weight is 297 g/mol. The third-order valence-electron chi connectivity index (χ3n) is 4.40. The van der Waals surface area contributed by atoms with E-state index >= 15 is 0 Å². The average Bonchev–Trinajstić information content (AvgIpc) is 2.91. The Morgan fingerprint density at radius 2 is 2.16 bits per heavy atom. The van der Waals surface area contributed by atoms with Crippen LogP contribution in [-0.2, 0) is 0 Å². The first-order valence-corrected chi connectivity index (χ1v) is 7.38. The molecular weight excluding hydrogens is 280 g/mol. The number of nitrogens with two attached hydrogens (primary N) is 1. The lowest BCUT2D eigenvalue weighted by atomic mass is 10.00. The van der Waals surface area contributed by atoms with E-state index in [4.69, 9.17) is 29.6 Å². The molecule has 0 radical (unpaired) electrons. The highest BCUT2D eigenvalue weighted by Crippen LogP contribution is 2.41. The third kappa shape index (κ3) is 2.22. The van der Waals surface area contributed by atoms with E-state index in [1.807, 2.05) is 18.2 Å². The summed E-state index contributed by atoms with van der Waals surface area (Å²) in [4.78, 5) is 2.59. The Morgan fingerprint density at radius 3 is 2.84 bits per heavy atom. The molecule has 5 heteroatoms. The normalized spacial score (nSPS) is 29.6. The Balaban J connectivity index is 1.92. The standard InChI is InChI=1S/C14H17ClN2OS/c15-10-2-1-3-11(13(10)14(16)19)17-6-8-4-5-12(18)9(8)7-17/h1-3,8-9,12,18H,4-7H2,(H2,16,19). The van der Waals surface area contributed by atoms with Crippen molar-refractivity contribution in [2.45, 2.75) is 18.9 Å². The Kier molecular flexibility index (Phi) is 3.41. The van der Waals surface area contributed by atoms with Crippen LogP contribution in [0.3, 0.4) is 0 Å². The van der Waals surface area contributed by atoms with E-state index in [0.717, 1.165) is 37.2 Å². The number of hydrogen-bond donors (Lipinski definition) is 2. The van der Waals surface area contributed by atoms with Gasteiger partial charge in [0.2, 0.25) is 0 Å². The molecule has 3 nitrogen and oxygen atoms in total. The monoisotopic (exact) mass is 296 g/mol. The lowest BCUT2D eigenvalue weighted by Crippen LogP contribution is -2.27. The lowest BCUT2D eigenvalue weighted by Gasteiger charge is -2.23. The van der Waals surface area contributed by atoms with Crippen molar-refractivity contribution in [1.82, 2.24) is 0 Å². The maximum absolute atomic E-state index is 9.99. The second kappa shape index (κ2) is 4.93. The molecule has 1 heterocycles. The molecule has 2 fully saturated rings. The highest BCUT2D eigenvalue weighted by molar-refractivity contribution is 7.80. The van der Waals surface area contributed by atoms with Gasteiger partial charge < -0.3 is 15.7 Å². The van der Waals surface area contributed by atoms with Gasteiger partial charge in [-0.15, -0.1) is 0 Å². The van der Waals surface area contributed by atoms with Crippen LogP contribution in [0.1, 0.15) is 18.4 Å². The van der Waals surface area contributed by atoms with Crippen LogP contribution in [0.25, 0.3) is 0 Å². The van der Waals surface area contributed by atoms with Gasteiger partial charge in [0, 0.05) is 24.7 Å². The number of fused-ring (bicyclic) bond motifs is 1. The largest absolute Gasteiger partial charge is 0.393 e. The summed E-state index contributed by atoms with van der Waals surface area (Å²) in [6.07, 6.45) is 1.87. The van der Waals surface area contributed by atoms with Crippen molar-refractivity contribution in [2.75, 3.05) is 18.0 Å². The number of hydrogen-bond acceptors (Lipinski definition) is 3. The van der Waals surface area contributed by atoms with Gasteiger partial charge in [0.15, 0.2) is 0 Å². The molecule has 0 spiro atoms. The molecule has 19 heavy (non-hydrogen) atoms. The minimum Gasteiger partial charge on any atom is -0.393 e. The van der Waals surface area contributed by atoms with Gasteiger partial charge in [0.25, 0.3) is 0 Å². The van der Waals surface area contributed by atoms with E-state index < -0.39 is 0 Å². The fourth-order valence-electron chi connectivity index (χ4n) is 3.45. The summed E-state index contributed by atoms with van der Waals surface area (Å²) in [5.74, 6) is 0.950. The van der Waals surface area contributed by atoms with E-state index in [-0.39, 0.29) is 6.10 Å². The van der Waals surface area contributed by atoms with Gasteiger partial charge >= 0.3 is 0 Å². The Bertz CT molecular complexity index is 522. The second-order valence-corrected chi connectivity index (χ2v) is 6.32. The van der Waals surface area contributed by atoms with E-state index in [1.54, 1.807) is 0 Å². The first-order chi connectivity index (χ1) is 9.08. The summed E-state index contributed by atoms with van der Waals surface area (Å²) in [6.45, 7) is 1.82. The zero-order valence-electron chi connectivity index (χ0n) is 10.6. The number of anilines is 1. The molecule has 1 aromatic carbocycles. The molecule has 0 bridgehead atoms. The van der Waals surface area contributed by atoms with Crippen LogP contribution >= 0.6 is 23.8 Å². The van der Waals surface area contributed by atoms with Crippen LogP contribution in [-0.4, -0.2) is 29.3 Å². The maximum atomic E-state index is 9.99. The first-order valence-electron chi connectivity index (χ1n) is 6.59. The van der Waals surface area contributed by atoms with Crippen molar-refractivity contribution in [3.05, 3.63) is 28.8 Å². The van der Waals surface area contributed by atoms with Gasteiger partial charge in [-0.3, -0.25) is 0 Å². The minimum atomic E-state index is -0.164. The summed E-state index contributed by atoms with van der Waals surface area (Å²) in [5.41, 5.74) is 7.56. The highest BCUT2D eigenvalue weighted by Gasteiger charge is 2.42. The minimum absolute atomic E-state index is 0.164. The van der Waals surface area contributed by atoms with Crippen molar-refractivity contribution in [3.63, 3.8) is 0 Å². The number of halogens is 1. The number of rotatable bonds is 2. The number of aliphatic hydroxyl groups is 1. The molecule has 2 aliphatic rings. The molecule has 1 aromatic rings. The summed E-state index contributed by atoms with van der Waals surface area (Å²) in [6, 6.07) is 5.74. The van der Waals surface area contributed by atoms with Crippen LogP contribution in [0.15, 0.2) is 18.2 Å². The predicted molar refractivity (Wildman–Crippen MR) is 81.8 cm³/mol. The van der Waals surface area contributed by atoms with Gasteiger partial charge in [0.1, 0.15) is 4.99 Å². The summed E-state index contributed by atoms with van der Waals surface area (Å²) in [7, 11) is 0. The third-order valence-corrected chi connectivity index (χ3v) is 4.92. The zero-order valence-corrected chi connectivity index (χ0v) is 12.1. The zero-order chi connectivity index (χ0) is 13.6. The molecule has 0 amide bonds. The number of benzene rings is 1. The molecule has 3 unspecified atom stereocenters. The molecule has 3 N–H and O–H groups in total. The van der Waals surface area contributed by atoms with Crippen molar-refractivity contribution in [1.29, 1.82) is 0 Å². The van der Waals surface area contributed by atoms with Crippen molar-refractivity contribution >= 4 is 34.5 Å². The fraction of sp³-hybridized carbons (Fsp3) is 0.500. The number of thiocarbonyl (C=S) groups is 1. The van der Waals surface area contributed by atoms with Crippen LogP contribution < -0.4 is 10.6 Å². The molecule has 3 rings (SSSR count). The molecule has 1 aliphatic carbocycles. The van der Waals surface area contributed by atoms with Gasteiger partial charge in [-0.05, 0) is 30.9 Å². The molecule has 1 aliphatic heterocycles. The Hall–Kier alpha value is -0.840. The quantitative estimate of drug-likeness (QED) is 0.822. The molecule has 1 saturated carbocycles. The van der Waals surface area contributed by atoms with Gasteiger partial charge in [-0.2, -0.15) is 0 Å².